The second-order valence-electron chi connectivity index (χ2n) is 4.03. The number of aromatic nitrogens is 1. The Hall–Kier alpha value is -0.440. The van der Waals surface area contributed by atoms with Gasteiger partial charge in [-0.25, -0.2) is 18.1 Å². The molecule has 1 saturated heterocycles. The van der Waals surface area contributed by atoms with Crippen LogP contribution >= 0.6 is 23.5 Å². The van der Waals surface area contributed by atoms with Crippen molar-refractivity contribution in [3.8, 4) is 0 Å². The zero-order valence-electron chi connectivity index (χ0n) is 10.6. The maximum atomic E-state index is 12.2. The highest BCUT2D eigenvalue weighted by atomic mass is 32.2. The second-order valence-corrected chi connectivity index (χ2v) is 8.27. The summed E-state index contributed by atoms with van der Waals surface area (Å²) in [5.74, 6) is 3.23. The van der Waals surface area contributed by atoms with Gasteiger partial charge in [-0.2, -0.15) is 23.5 Å². The summed E-state index contributed by atoms with van der Waals surface area (Å²) in [6, 6.07) is 3.41. The molecule has 1 aromatic rings. The van der Waals surface area contributed by atoms with Gasteiger partial charge in [0.25, 0.3) is 10.0 Å². The van der Waals surface area contributed by atoms with E-state index in [9.17, 15) is 8.42 Å². The van der Waals surface area contributed by atoms with E-state index in [-0.39, 0.29) is 5.03 Å². The topological polar surface area (TPSA) is 71.1 Å². The molecule has 19 heavy (non-hydrogen) atoms. The third-order valence-electron chi connectivity index (χ3n) is 2.68. The lowest BCUT2D eigenvalue weighted by atomic mass is 10.4. The molecule has 2 N–H and O–H groups in total. The molecule has 0 saturated carbocycles. The molecule has 1 aliphatic heterocycles. The third kappa shape index (κ3) is 4.01. The molecule has 2 heterocycles. The van der Waals surface area contributed by atoms with Crippen LogP contribution in [-0.4, -0.2) is 49.5 Å². The van der Waals surface area contributed by atoms with Crippen LogP contribution in [0.15, 0.2) is 23.4 Å². The van der Waals surface area contributed by atoms with Crippen molar-refractivity contribution < 1.29 is 8.42 Å². The number of nitrogens with zero attached hydrogens (tertiary/aromatic N) is 1. The van der Waals surface area contributed by atoms with E-state index >= 15 is 0 Å². The van der Waals surface area contributed by atoms with E-state index in [1.54, 1.807) is 19.2 Å². The van der Waals surface area contributed by atoms with Crippen molar-refractivity contribution in [3.63, 3.8) is 0 Å². The van der Waals surface area contributed by atoms with E-state index in [0.717, 1.165) is 17.3 Å². The van der Waals surface area contributed by atoms with Crippen LogP contribution in [0.5, 0.6) is 0 Å². The first kappa shape index (κ1) is 15.0. The molecule has 0 amide bonds. The summed E-state index contributed by atoms with van der Waals surface area (Å²) in [6.07, 6.45) is 1.49. The monoisotopic (exact) mass is 319 g/mol. The number of anilines is 1. The largest absolute Gasteiger partial charge is 0.386 e. The zero-order valence-corrected chi connectivity index (χ0v) is 13.1. The molecule has 2 rings (SSSR count). The average Bonchev–Trinajstić information content (AvgIpc) is 2.46. The summed E-state index contributed by atoms with van der Waals surface area (Å²) < 4.78 is 27.1. The Morgan fingerprint density at radius 2 is 2.32 bits per heavy atom. The molecule has 0 aromatic carbocycles. The number of pyridine rings is 1. The fourth-order valence-electron chi connectivity index (χ4n) is 1.72. The molecule has 106 valence electrons. The van der Waals surface area contributed by atoms with E-state index in [1.165, 1.54) is 6.20 Å². The summed E-state index contributed by atoms with van der Waals surface area (Å²) in [4.78, 5) is 3.96. The van der Waals surface area contributed by atoms with E-state index in [4.69, 9.17) is 0 Å². The van der Waals surface area contributed by atoms with Gasteiger partial charge in [0.1, 0.15) is 0 Å². The molecule has 5 nitrogen and oxygen atoms in total. The highest BCUT2D eigenvalue weighted by Gasteiger charge is 2.22. The van der Waals surface area contributed by atoms with Crippen LogP contribution in [0.3, 0.4) is 0 Å². The molecule has 0 bridgehead atoms. The highest BCUT2D eigenvalue weighted by molar-refractivity contribution is 8.06. The molecule has 8 heteroatoms. The summed E-state index contributed by atoms with van der Waals surface area (Å²) >= 11 is 3.70. The van der Waals surface area contributed by atoms with Crippen LogP contribution in [0.4, 0.5) is 5.69 Å². The Morgan fingerprint density at radius 3 is 3.00 bits per heavy atom. The molecule has 1 atom stereocenters. The van der Waals surface area contributed by atoms with Gasteiger partial charge in [-0.15, -0.1) is 0 Å². The number of sulfonamides is 1. The van der Waals surface area contributed by atoms with Crippen molar-refractivity contribution in [2.45, 2.75) is 10.3 Å². The van der Waals surface area contributed by atoms with Crippen LogP contribution in [0.2, 0.25) is 0 Å². The number of hydrogen-bond acceptors (Lipinski definition) is 6. The van der Waals surface area contributed by atoms with Gasteiger partial charge < -0.3 is 5.32 Å². The predicted molar refractivity (Wildman–Crippen MR) is 82.5 cm³/mol. The Morgan fingerprint density at radius 1 is 1.47 bits per heavy atom. The van der Waals surface area contributed by atoms with Crippen molar-refractivity contribution in [3.05, 3.63) is 18.3 Å². The molecule has 0 radical (unpaired) electrons. The summed E-state index contributed by atoms with van der Waals surface area (Å²) in [5, 5.41) is 3.25. The van der Waals surface area contributed by atoms with Gasteiger partial charge in [0, 0.05) is 42.3 Å². The fraction of sp³-hybridized carbons (Fsp3) is 0.545. The van der Waals surface area contributed by atoms with Crippen LogP contribution in [0.1, 0.15) is 0 Å². The molecule has 1 fully saturated rings. The lowest BCUT2D eigenvalue weighted by Crippen LogP contribution is -2.34. The second kappa shape index (κ2) is 6.83. The van der Waals surface area contributed by atoms with Crippen molar-refractivity contribution in [1.29, 1.82) is 0 Å². The maximum Gasteiger partial charge on any atom is 0.260 e. The SMILES string of the molecule is CNc1cccnc1S(=O)(=O)NCC1CSCCS1. The Kier molecular flexibility index (Phi) is 5.37. The lowest BCUT2D eigenvalue weighted by molar-refractivity contribution is 0.578. The highest BCUT2D eigenvalue weighted by Crippen LogP contribution is 2.24. The summed E-state index contributed by atoms with van der Waals surface area (Å²) in [7, 11) is -1.86. The van der Waals surface area contributed by atoms with Gasteiger partial charge in [-0.3, -0.25) is 0 Å². The van der Waals surface area contributed by atoms with Crippen molar-refractivity contribution in [1.82, 2.24) is 9.71 Å². The number of thioether (sulfide) groups is 2. The van der Waals surface area contributed by atoms with Crippen molar-refractivity contribution in [2.75, 3.05) is 36.2 Å². The zero-order chi connectivity index (χ0) is 13.7. The van der Waals surface area contributed by atoms with Crippen LogP contribution < -0.4 is 10.0 Å². The fourth-order valence-corrected chi connectivity index (χ4v) is 5.65. The lowest BCUT2D eigenvalue weighted by Gasteiger charge is -2.21. The quantitative estimate of drug-likeness (QED) is 0.851. The van der Waals surface area contributed by atoms with Gasteiger partial charge in [0.05, 0.1) is 5.69 Å². The smallest absolute Gasteiger partial charge is 0.260 e. The number of hydrogen-bond donors (Lipinski definition) is 2. The molecular formula is C11H17N3O2S3. The molecular weight excluding hydrogens is 302 g/mol. The van der Waals surface area contributed by atoms with Gasteiger partial charge in [0.2, 0.25) is 0 Å². The van der Waals surface area contributed by atoms with E-state index in [1.807, 2.05) is 23.5 Å². The van der Waals surface area contributed by atoms with Crippen LogP contribution in [-0.2, 0) is 10.0 Å². The first-order valence-corrected chi connectivity index (χ1v) is 9.64. The first-order chi connectivity index (χ1) is 9.13. The number of rotatable bonds is 5. The van der Waals surface area contributed by atoms with E-state index in [2.05, 4.69) is 15.0 Å². The predicted octanol–water partition coefficient (Wildman–Crippen LogP) is 1.25. The Balaban J connectivity index is 2.05. The molecule has 1 aliphatic rings. The summed E-state index contributed by atoms with van der Waals surface area (Å²) in [6.45, 7) is 0.458. The van der Waals surface area contributed by atoms with Crippen molar-refractivity contribution >= 4 is 39.2 Å². The van der Waals surface area contributed by atoms with Gasteiger partial charge in [-0.05, 0) is 12.1 Å². The van der Waals surface area contributed by atoms with Gasteiger partial charge in [0.15, 0.2) is 5.03 Å². The minimum Gasteiger partial charge on any atom is -0.386 e. The summed E-state index contributed by atoms with van der Waals surface area (Å²) in [5.41, 5.74) is 0.515. The minimum absolute atomic E-state index is 0.0611. The molecule has 1 aromatic heterocycles. The van der Waals surface area contributed by atoms with Gasteiger partial charge >= 0.3 is 0 Å². The molecule has 1 unspecified atom stereocenters. The van der Waals surface area contributed by atoms with Crippen molar-refractivity contribution in [2.24, 2.45) is 0 Å². The molecule has 0 aliphatic carbocycles. The molecule has 0 spiro atoms. The minimum atomic E-state index is -3.55. The standard InChI is InChI=1S/C11H17N3O2S3/c1-12-10-3-2-4-13-11(10)19(15,16)14-7-9-8-17-5-6-18-9/h2-4,9,12,14H,5-8H2,1H3. The first-order valence-electron chi connectivity index (χ1n) is 5.95. The Bertz CT molecular complexity index is 516. The van der Waals surface area contributed by atoms with E-state index < -0.39 is 10.0 Å². The van der Waals surface area contributed by atoms with Crippen LogP contribution in [0.25, 0.3) is 0 Å². The third-order valence-corrected chi connectivity index (χ3v) is 6.91. The average molecular weight is 319 g/mol. The normalized spacial score (nSPS) is 20.2. The van der Waals surface area contributed by atoms with Crippen LogP contribution in [0, 0.1) is 0 Å². The van der Waals surface area contributed by atoms with Gasteiger partial charge in [-0.1, -0.05) is 0 Å². The van der Waals surface area contributed by atoms with E-state index in [0.29, 0.717) is 17.5 Å². The maximum absolute atomic E-state index is 12.2. The number of nitrogens with one attached hydrogen (secondary N) is 2. The Labute approximate surface area is 122 Å².